The number of imidazole rings is 1. The molecule has 1 N–H and O–H groups in total. The third kappa shape index (κ3) is 5.11. The fourth-order valence-electron chi connectivity index (χ4n) is 3.44. The van der Waals surface area contributed by atoms with E-state index in [0.717, 1.165) is 28.2 Å². The molecular weight excluding hydrogens is 397 g/mol. The van der Waals surface area contributed by atoms with E-state index >= 15 is 0 Å². The number of H-pyrrole nitrogens is 1. The maximum absolute atomic E-state index is 13.1. The Hall–Kier alpha value is -3.19. The molecule has 1 atom stereocenters. The number of carbonyl (C=O) groups excluding carboxylic acids is 1. The lowest BCUT2D eigenvalue weighted by Crippen LogP contribution is -2.44. The molecule has 1 amide bonds. The second-order valence-electron chi connectivity index (χ2n) is 8.56. The minimum atomic E-state index is -0.525. The molecule has 162 valence electrons. The predicted octanol–water partition coefficient (Wildman–Crippen LogP) is 5.19. The monoisotopic (exact) mass is 423 g/mol. The second-order valence-corrected chi connectivity index (χ2v) is 8.56. The normalized spacial score (nSPS) is 16.9. The summed E-state index contributed by atoms with van der Waals surface area (Å²) in [6.07, 6.45) is 1.21. The fourth-order valence-corrected chi connectivity index (χ4v) is 3.44. The van der Waals surface area contributed by atoms with Crippen molar-refractivity contribution in [2.75, 3.05) is 19.7 Å². The van der Waals surface area contributed by atoms with Crippen LogP contribution in [0.5, 0.6) is 0 Å². The number of ether oxygens (including phenoxy) is 2. The van der Waals surface area contributed by atoms with Gasteiger partial charge in [0.05, 0.1) is 25.0 Å². The molecule has 31 heavy (non-hydrogen) atoms. The maximum Gasteiger partial charge on any atom is 0.410 e. The first-order chi connectivity index (χ1) is 14.8. The molecule has 0 unspecified atom stereocenters. The predicted molar refractivity (Wildman–Crippen MR) is 116 cm³/mol. The number of nitrogens with one attached hydrogen (secondary N) is 1. The number of hydrogen-bond acceptors (Lipinski definition) is 4. The summed E-state index contributed by atoms with van der Waals surface area (Å²) >= 11 is 0. The zero-order valence-electron chi connectivity index (χ0n) is 17.9. The van der Waals surface area contributed by atoms with Gasteiger partial charge in [0, 0.05) is 12.1 Å². The molecule has 0 bridgehead atoms. The summed E-state index contributed by atoms with van der Waals surface area (Å²) in [5, 5.41) is 0. The highest BCUT2D eigenvalue weighted by atomic mass is 19.1. The lowest BCUT2D eigenvalue weighted by Gasteiger charge is -2.34. The van der Waals surface area contributed by atoms with Crippen molar-refractivity contribution in [1.29, 1.82) is 0 Å². The summed E-state index contributed by atoms with van der Waals surface area (Å²) < 4.78 is 24.5. The number of hydrogen-bond donors (Lipinski definition) is 1. The molecule has 0 radical (unpaired) electrons. The topological polar surface area (TPSA) is 67.4 Å². The third-order valence-electron chi connectivity index (χ3n) is 5.01. The molecular formula is C24H26FN3O3. The van der Waals surface area contributed by atoms with Gasteiger partial charge in [-0.25, -0.2) is 14.2 Å². The first kappa shape index (κ1) is 21.1. The molecule has 7 heteroatoms. The number of aromatic amines is 1. The van der Waals surface area contributed by atoms with Crippen LogP contribution in [0.3, 0.4) is 0 Å². The zero-order valence-corrected chi connectivity index (χ0v) is 17.9. The quantitative estimate of drug-likeness (QED) is 0.629. The van der Waals surface area contributed by atoms with Crippen molar-refractivity contribution in [3.8, 4) is 22.6 Å². The Morgan fingerprint density at radius 2 is 1.81 bits per heavy atom. The van der Waals surface area contributed by atoms with Crippen LogP contribution in [0.1, 0.15) is 32.4 Å². The molecule has 2 heterocycles. The number of carbonyl (C=O) groups is 1. The van der Waals surface area contributed by atoms with E-state index in [4.69, 9.17) is 9.47 Å². The molecule has 0 saturated carbocycles. The van der Waals surface area contributed by atoms with E-state index in [-0.39, 0.29) is 18.0 Å². The average molecular weight is 423 g/mol. The van der Waals surface area contributed by atoms with Gasteiger partial charge in [0.2, 0.25) is 0 Å². The smallest absolute Gasteiger partial charge is 0.410 e. The lowest BCUT2D eigenvalue weighted by atomic mass is 10.1. The van der Waals surface area contributed by atoms with Crippen molar-refractivity contribution < 1.29 is 18.7 Å². The van der Waals surface area contributed by atoms with E-state index in [1.54, 1.807) is 23.2 Å². The highest BCUT2D eigenvalue weighted by molar-refractivity contribution is 5.68. The van der Waals surface area contributed by atoms with Crippen LogP contribution in [0.15, 0.2) is 54.7 Å². The SMILES string of the molecule is CC(C)(C)OC(=O)N1CCO[C@@H](c2ccc(-c3ncc(-c4ccc(F)cc4)[nH]3)cc2)C1. The summed E-state index contributed by atoms with van der Waals surface area (Å²) in [7, 11) is 0. The summed E-state index contributed by atoms with van der Waals surface area (Å²) in [5.74, 6) is 0.458. The summed E-state index contributed by atoms with van der Waals surface area (Å²) in [4.78, 5) is 21.8. The molecule has 4 rings (SSSR count). The molecule has 3 aromatic rings. The van der Waals surface area contributed by atoms with Crippen LogP contribution in [-0.2, 0) is 9.47 Å². The Morgan fingerprint density at radius 3 is 2.48 bits per heavy atom. The minimum absolute atomic E-state index is 0.207. The molecule has 1 fully saturated rings. The first-order valence-electron chi connectivity index (χ1n) is 10.3. The highest BCUT2D eigenvalue weighted by Crippen LogP contribution is 2.27. The summed E-state index contributed by atoms with van der Waals surface area (Å²) in [6.45, 7) is 7.00. The van der Waals surface area contributed by atoms with Crippen molar-refractivity contribution in [1.82, 2.24) is 14.9 Å². The van der Waals surface area contributed by atoms with Crippen LogP contribution in [0, 0.1) is 5.82 Å². The van der Waals surface area contributed by atoms with E-state index in [2.05, 4.69) is 9.97 Å². The molecule has 1 aromatic heterocycles. The van der Waals surface area contributed by atoms with E-state index in [0.29, 0.717) is 19.7 Å². The Morgan fingerprint density at radius 1 is 1.13 bits per heavy atom. The van der Waals surface area contributed by atoms with E-state index in [1.165, 1.54) is 12.1 Å². The first-order valence-corrected chi connectivity index (χ1v) is 10.3. The van der Waals surface area contributed by atoms with Crippen LogP contribution < -0.4 is 0 Å². The molecule has 1 aliphatic rings. The summed E-state index contributed by atoms with van der Waals surface area (Å²) in [5.41, 5.74) is 3.08. The number of rotatable bonds is 3. The molecule has 0 spiro atoms. The van der Waals surface area contributed by atoms with E-state index in [1.807, 2.05) is 45.0 Å². The number of benzene rings is 2. The third-order valence-corrected chi connectivity index (χ3v) is 5.01. The molecule has 6 nitrogen and oxygen atoms in total. The largest absolute Gasteiger partial charge is 0.444 e. The maximum atomic E-state index is 13.1. The molecule has 1 saturated heterocycles. The van der Waals surface area contributed by atoms with E-state index in [9.17, 15) is 9.18 Å². The Labute approximate surface area is 181 Å². The van der Waals surface area contributed by atoms with Crippen molar-refractivity contribution >= 4 is 6.09 Å². The van der Waals surface area contributed by atoms with Gasteiger partial charge in [-0.15, -0.1) is 0 Å². The molecule has 1 aliphatic heterocycles. The zero-order chi connectivity index (χ0) is 22.0. The number of nitrogens with zero attached hydrogens (tertiary/aromatic N) is 2. The Balaban J connectivity index is 1.45. The Kier molecular flexibility index (Phi) is 5.78. The Bertz CT molecular complexity index is 1040. The number of aromatic nitrogens is 2. The second kappa shape index (κ2) is 8.51. The van der Waals surface area contributed by atoms with Crippen LogP contribution >= 0.6 is 0 Å². The van der Waals surface area contributed by atoms with Crippen molar-refractivity contribution in [2.24, 2.45) is 0 Å². The van der Waals surface area contributed by atoms with Gasteiger partial charge in [0.25, 0.3) is 0 Å². The van der Waals surface area contributed by atoms with Crippen molar-refractivity contribution in [3.05, 3.63) is 66.1 Å². The van der Waals surface area contributed by atoms with Gasteiger partial charge >= 0.3 is 6.09 Å². The van der Waals surface area contributed by atoms with Gasteiger partial charge in [-0.05, 0) is 56.2 Å². The van der Waals surface area contributed by atoms with Gasteiger partial charge in [-0.3, -0.25) is 0 Å². The van der Waals surface area contributed by atoms with Crippen molar-refractivity contribution in [3.63, 3.8) is 0 Å². The molecule has 0 aliphatic carbocycles. The lowest BCUT2D eigenvalue weighted by molar-refractivity contribution is -0.0432. The van der Waals surface area contributed by atoms with Gasteiger partial charge in [-0.1, -0.05) is 24.3 Å². The van der Waals surface area contributed by atoms with Gasteiger partial charge < -0.3 is 19.4 Å². The summed E-state index contributed by atoms with van der Waals surface area (Å²) in [6, 6.07) is 14.2. The van der Waals surface area contributed by atoms with Crippen LogP contribution in [-0.4, -0.2) is 46.3 Å². The number of amides is 1. The van der Waals surface area contributed by atoms with E-state index < -0.39 is 5.60 Å². The van der Waals surface area contributed by atoms with Crippen LogP contribution in [0.4, 0.5) is 9.18 Å². The van der Waals surface area contributed by atoms with Gasteiger partial charge in [0.15, 0.2) is 0 Å². The number of halogens is 1. The van der Waals surface area contributed by atoms with Gasteiger partial charge in [-0.2, -0.15) is 0 Å². The minimum Gasteiger partial charge on any atom is -0.444 e. The number of morpholine rings is 1. The van der Waals surface area contributed by atoms with Crippen LogP contribution in [0.2, 0.25) is 0 Å². The average Bonchev–Trinajstić information content (AvgIpc) is 3.23. The van der Waals surface area contributed by atoms with Crippen LogP contribution in [0.25, 0.3) is 22.6 Å². The highest BCUT2D eigenvalue weighted by Gasteiger charge is 2.28. The van der Waals surface area contributed by atoms with Gasteiger partial charge in [0.1, 0.15) is 23.3 Å². The van der Waals surface area contributed by atoms with Crippen molar-refractivity contribution in [2.45, 2.75) is 32.5 Å². The standard InChI is InChI=1S/C24H26FN3O3/c1-24(2,3)31-23(29)28-12-13-30-21(15-28)17-4-6-18(7-5-17)22-26-14-20(27-22)16-8-10-19(25)11-9-16/h4-11,14,21H,12-13,15H2,1-3H3,(H,26,27)/t21-/m1/s1. The fraction of sp³-hybridized carbons (Fsp3) is 0.333. The molecule has 2 aromatic carbocycles.